The molecule has 0 aliphatic rings. The number of sulfonamides is 1. The highest BCUT2D eigenvalue weighted by atomic mass is 32.2. The van der Waals surface area contributed by atoms with Gasteiger partial charge in [0.25, 0.3) is 15.9 Å². The van der Waals surface area contributed by atoms with Crippen LogP contribution in [0.5, 0.6) is 5.75 Å². The number of ether oxygens (including phenoxy) is 1. The first kappa shape index (κ1) is 20.8. The Labute approximate surface area is 161 Å². The molecule has 0 fully saturated rings. The zero-order valence-electron chi connectivity index (χ0n) is 15.9. The topological polar surface area (TPSA) is 84.5 Å². The summed E-state index contributed by atoms with van der Waals surface area (Å²) in [6.07, 6.45) is 1.93. The molecular formula is C20H26N2O4S. The largest absolute Gasteiger partial charge is 0.484 e. The molecule has 0 atom stereocenters. The molecule has 0 spiro atoms. The number of benzene rings is 2. The highest BCUT2D eigenvalue weighted by Crippen LogP contribution is 2.22. The van der Waals surface area contributed by atoms with E-state index in [1.807, 2.05) is 32.9 Å². The summed E-state index contributed by atoms with van der Waals surface area (Å²) in [6, 6.07) is 11.6. The lowest BCUT2D eigenvalue weighted by Gasteiger charge is -2.12. The zero-order chi connectivity index (χ0) is 19.9. The van der Waals surface area contributed by atoms with Gasteiger partial charge in [-0.15, -0.1) is 0 Å². The Kier molecular flexibility index (Phi) is 7.24. The van der Waals surface area contributed by atoms with Crippen molar-refractivity contribution in [3.63, 3.8) is 0 Å². The highest BCUT2D eigenvalue weighted by Gasteiger charge is 2.15. The second-order valence-electron chi connectivity index (χ2n) is 6.39. The molecular weight excluding hydrogens is 364 g/mol. The van der Waals surface area contributed by atoms with Gasteiger partial charge in [-0.1, -0.05) is 25.5 Å². The lowest BCUT2D eigenvalue weighted by atomic mass is 10.1. The molecule has 7 heteroatoms. The minimum Gasteiger partial charge on any atom is -0.484 e. The summed E-state index contributed by atoms with van der Waals surface area (Å²) in [5.41, 5.74) is 2.37. The van der Waals surface area contributed by atoms with Gasteiger partial charge < -0.3 is 10.1 Å². The van der Waals surface area contributed by atoms with Crippen molar-refractivity contribution >= 4 is 21.6 Å². The van der Waals surface area contributed by atoms with Crippen molar-refractivity contribution in [2.45, 2.75) is 38.5 Å². The average molecular weight is 391 g/mol. The third-order valence-electron chi connectivity index (χ3n) is 3.99. The third-order valence-corrected chi connectivity index (χ3v) is 5.38. The van der Waals surface area contributed by atoms with Crippen LogP contribution in [0.15, 0.2) is 47.4 Å². The molecule has 2 aromatic rings. The van der Waals surface area contributed by atoms with Crippen molar-refractivity contribution < 1.29 is 17.9 Å². The van der Waals surface area contributed by atoms with Crippen LogP contribution in [0.25, 0.3) is 0 Å². The fourth-order valence-electron chi connectivity index (χ4n) is 2.37. The predicted octanol–water partition coefficient (Wildman–Crippen LogP) is 3.40. The fraction of sp³-hybridized carbons (Fsp3) is 0.350. The smallest absolute Gasteiger partial charge is 0.261 e. The number of carbonyl (C=O) groups is 1. The molecule has 0 heterocycles. The second-order valence-corrected chi connectivity index (χ2v) is 8.07. The molecule has 1 amide bonds. The molecule has 27 heavy (non-hydrogen) atoms. The number of hydrogen-bond donors (Lipinski definition) is 2. The van der Waals surface area contributed by atoms with Crippen molar-refractivity contribution in [1.29, 1.82) is 0 Å². The third kappa shape index (κ3) is 6.29. The first-order chi connectivity index (χ1) is 12.8. The van der Waals surface area contributed by atoms with E-state index in [1.165, 1.54) is 24.3 Å². The average Bonchev–Trinajstić information content (AvgIpc) is 2.63. The molecule has 0 saturated heterocycles. The first-order valence-electron chi connectivity index (χ1n) is 8.91. The normalized spacial score (nSPS) is 11.1. The standard InChI is InChI=1S/C20H26N2O4S/c1-4-5-12-21-20(23)14-26-17-8-10-18(11-9-17)27(24,25)22-19-13-15(2)6-7-16(19)3/h6-11,13,22H,4-5,12,14H2,1-3H3,(H,21,23). The molecule has 2 rings (SSSR count). The summed E-state index contributed by atoms with van der Waals surface area (Å²) in [5, 5.41) is 2.76. The van der Waals surface area contributed by atoms with E-state index in [4.69, 9.17) is 4.74 Å². The van der Waals surface area contributed by atoms with Crippen LogP contribution in [0, 0.1) is 13.8 Å². The summed E-state index contributed by atoms with van der Waals surface area (Å²) < 4.78 is 33.1. The van der Waals surface area contributed by atoms with Crippen LogP contribution in [0.2, 0.25) is 0 Å². The highest BCUT2D eigenvalue weighted by molar-refractivity contribution is 7.92. The summed E-state index contributed by atoms with van der Waals surface area (Å²) in [7, 11) is -3.70. The van der Waals surface area contributed by atoms with E-state index in [1.54, 1.807) is 6.07 Å². The molecule has 0 aliphatic heterocycles. The van der Waals surface area contributed by atoms with Crippen molar-refractivity contribution in [3.05, 3.63) is 53.6 Å². The second kappa shape index (κ2) is 9.41. The van der Waals surface area contributed by atoms with Crippen LogP contribution in [0.3, 0.4) is 0 Å². The van der Waals surface area contributed by atoms with Crippen LogP contribution in [-0.2, 0) is 14.8 Å². The molecule has 6 nitrogen and oxygen atoms in total. The maximum atomic E-state index is 12.6. The van der Waals surface area contributed by atoms with Crippen LogP contribution < -0.4 is 14.8 Å². The van der Waals surface area contributed by atoms with E-state index >= 15 is 0 Å². The number of aryl methyl sites for hydroxylation is 2. The Balaban J connectivity index is 1.99. The quantitative estimate of drug-likeness (QED) is 0.643. The molecule has 146 valence electrons. The number of carbonyl (C=O) groups excluding carboxylic acids is 1. The molecule has 0 aliphatic carbocycles. The van der Waals surface area contributed by atoms with E-state index < -0.39 is 10.0 Å². The SMILES string of the molecule is CCCCNC(=O)COc1ccc(S(=O)(=O)Nc2cc(C)ccc2C)cc1. The lowest BCUT2D eigenvalue weighted by Crippen LogP contribution is -2.29. The maximum absolute atomic E-state index is 12.6. The zero-order valence-corrected chi connectivity index (χ0v) is 16.7. The van der Waals surface area contributed by atoms with Crippen LogP contribution in [-0.4, -0.2) is 27.5 Å². The Bertz CT molecular complexity index is 877. The Morgan fingerprint density at radius 2 is 1.78 bits per heavy atom. The number of rotatable bonds is 9. The number of anilines is 1. The predicted molar refractivity (Wildman–Crippen MR) is 107 cm³/mol. The molecule has 0 bridgehead atoms. The minimum absolute atomic E-state index is 0.101. The van der Waals surface area contributed by atoms with Crippen LogP contribution in [0.1, 0.15) is 30.9 Å². The summed E-state index contributed by atoms with van der Waals surface area (Å²) >= 11 is 0. The van der Waals surface area contributed by atoms with Gasteiger partial charge in [0.2, 0.25) is 0 Å². The molecule has 2 aromatic carbocycles. The van der Waals surface area contributed by atoms with Gasteiger partial charge in [0.1, 0.15) is 5.75 Å². The lowest BCUT2D eigenvalue weighted by molar-refractivity contribution is -0.123. The maximum Gasteiger partial charge on any atom is 0.261 e. The van der Waals surface area contributed by atoms with Gasteiger partial charge in [0, 0.05) is 6.54 Å². The Morgan fingerprint density at radius 1 is 1.07 bits per heavy atom. The van der Waals surface area contributed by atoms with Crippen molar-refractivity contribution in [3.8, 4) is 5.75 Å². The molecule has 0 saturated carbocycles. The molecule has 0 radical (unpaired) electrons. The number of hydrogen-bond acceptors (Lipinski definition) is 4. The van der Waals surface area contributed by atoms with Crippen LogP contribution in [0.4, 0.5) is 5.69 Å². The Morgan fingerprint density at radius 3 is 2.44 bits per heavy atom. The summed E-state index contributed by atoms with van der Waals surface area (Å²) in [4.78, 5) is 11.8. The first-order valence-corrected chi connectivity index (χ1v) is 10.4. The number of unbranched alkanes of at least 4 members (excludes halogenated alkanes) is 1. The monoisotopic (exact) mass is 390 g/mol. The van der Waals surface area contributed by atoms with Gasteiger partial charge in [-0.3, -0.25) is 9.52 Å². The van der Waals surface area contributed by atoms with E-state index in [2.05, 4.69) is 10.0 Å². The van der Waals surface area contributed by atoms with E-state index in [-0.39, 0.29) is 17.4 Å². The molecule has 0 aromatic heterocycles. The minimum atomic E-state index is -3.70. The van der Waals surface area contributed by atoms with Gasteiger partial charge in [-0.25, -0.2) is 8.42 Å². The van der Waals surface area contributed by atoms with Crippen LogP contribution >= 0.6 is 0 Å². The number of amides is 1. The van der Waals surface area contributed by atoms with E-state index in [0.29, 0.717) is 18.0 Å². The van der Waals surface area contributed by atoms with Crippen molar-refractivity contribution in [2.24, 2.45) is 0 Å². The van der Waals surface area contributed by atoms with E-state index in [0.717, 1.165) is 24.0 Å². The summed E-state index contributed by atoms with van der Waals surface area (Å²) in [6.45, 7) is 6.32. The van der Waals surface area contributed by atoms with Gasteiger partial charge in [0.05, 0.1) is 10.6 Å². The summed E-state index contributed by atoms with van der Waals surface area (Å²) in [5.74, 6) is 0.239. The molecule has 2 N–H and O–H groups in total. The fourth-order valence-corrected chi connectivity index (χ4v) is 3.49. The van der Waals surface area contributed by atoms with Crippen molar-refractivity contribution in [1.82, 2.24) is 5.32 Å². The number of nitrogens with one attached hydrogen (secondary N) is 2. The van der Waals surface area contributed by atoms with Gasteiger partial charge in [0.15, 0.2) is 6.61 Å². The van der Waals surface area contributed by atoms with Gasteiger partial charge in [-0.05, 0) is 61.7 Å². The van der Waals surface area contributed by atoms with Gasteiger partial charge in [-0.2, -0.15) is 0 Å². The van der Waals surface area contributed by atoms with Gasteiger partial charge >= 0.3 is 0 Å². The Hall–Kier alpha value is -2.54. The molecule has 0 unspecified atom stereocenters. The van der Waals surface area contributed by atoms with E-state index in [9.17, 15) is 13.2 Å². The van der Waals surface area contributed by atoms with Crippen molar-refractivity contribution in [2.75, 3.05) is 17.9 Å².